The Hall–Kier alpha value is -2.75. The first kappa shape index (κ1) is 21.5. The smallest absolute Gasteiger partial charge is 0.272 e. The fourth-order valence-electron chi connectivity index (χ4n) is 4.77. The van der Waals surface area contributed by atoms with Crippen LogP contribution in [0.15, 0.2) is 42.5 Å². The van der Waals surface area contributed by atoms with Gasteiger partial charge in [-0.3, -0.25) is 4.79 Å². The molecule has 6 heteroatoms. The number of benzene rings is 1. The Labute approximate surface area is 183 Å². The summed E-state index contributed by atoms with van der Waals surface area (Å²) in [5.41, 5.74) is 2.39. The van der Waals surface area contributed by atoms with Crippen LogP contribution in [0, 0.1) is 18.3 Å². The lowest BCUT2D eigenvalue weighted by molar-refractivity contribution is -0.190. The quantitative estimate of drug-likeness (QED) is 0.743. The van der Waals surface area contributed by atoms with Crippen molar-refractivity contribution in [2.75, 3.05) is 19.7 Å². The SMILES string of the molecule is CCO[C@@H]1C[C@H](c2ccccc2)OC2(CCN(C(=O)c3ccc(C#N)c(C)n3)CC2)C1. The molecule has 2 fully saturated rings. The summed E-state index contributed by atoms with van der Waals surface area (Å²) in [6, 6.07) is 15.7. The molecule has 2 aliphatic rings. The van der Waals surface area contributed by atoms with Crippen LogP contribution >= 0.6 is 0 Å². The van der Waals surface area contributed by atoms with Crippen molar-refractivity contribution >= 4 is 5.91 Å². The third-order valence-electron chi connectivity index (χ3n) is 6.43. The number of carbonyl (C=O) groups excluding carboxylic acids is 1. The molecule has 0 saturated carbocycles. The highest BCUT2D eigenvalue weighted by atomic mass is 16.5. The summed E-state index contributed by atoms with van der Waals surface area (Å²) in [6.45, 7) is 5.73. The normalized spacial score (nSPS) is 22.8. The molecule has 2 saturated heterocycles. The van der Waals surface area contributed by atoms with Crippen LogP contribution in [0.4, 0.5) is 0 Å². The number of piperidine rings is 1. The molecule has 4 rings (SSSR count). The maximum Gasteiger partial charge on any atom is 0.272 e. The molecule has 1 spiro atoms. The Morgan fingerprint density at radius 2 is 2.00 bits per heavy atom. The standard InChI is InChI=1S/C25H29N3O3/c1-3-30-21-15-23(19-7-5-4-6-8-19)31-25(16-21)11-13-28(14-12-25)24(29)22-10-9-20(17-26)18(2)27-22/h4-10,21,23H,3,11-16H2,1-2H3/t21-,23-/m1/s1. The molecule has 2 atom stereocenters. The van der Waals surface area contributed by atoms with E-state index in [0.29, 0.717) is 36.6 Å². The molecule has 2 aromatic rings. The van der Waals surface area contributed by atoms with Crippen LogP contribution in [-0.2, 0) is 9.47 Å². The molecule has 2 aliphatic heterocycles. The summed E-state index contributed by atoms with van der Waals surface area (Å²) in [6.07, 6.45) is 3.45. The minimum absolute atomic E-state index is 0.0107. The minimum atomic E-state index is -0.274. The molecule has 0 bridgehead atoms. The maximum absolute atomic E-state index is 13.0. The van der Waals surface area contributed by atoms with E-state index >= 15 is 0 Å². The van der Waals surface area contributed by atoms with E-state index in [1.165, 1.54) is 5.56 Å². The van der Waals surface area contributed by atoms with E-state index in [-0.39, 0.29) is 23.7 Å². The molecule has 1 amide bonds. The summed E-state index contributed by atoms with van der Waals surface area (Å²) in [4.78, 5) is 19.2. The van der Waals surface area contributed by atoms with Gasteiger partial charge in [-0.15, -0.1) is 0 Å². The van der Waals surface area contributed by atoms with Gasteiger partial charge < -0.3 is 14.4 Å². The summed E-state index contributed by atoms with van der Waals surface area (Å²) in [7, 11) is 0. The van der Waals surface area contributed by atoms with Crippen molar-refractivity contribution in [1.29, 1.82) is 5.26 Å². The molecule has 31 heavy (non-hydrogen) atoms. The highest BCUT2D eigenvalue weighted by Crippen LogP contribution is 2.44. The van der Waals surface area contributed by atoms with Crippen molar-refractivity contribution in [3.63, 3.8) is 0 Å². The number of ether oxygens (including phenoxy) is 2. The summed E-state index contributed by atoms with van der Waals surface area (Å²) < 4.78 is 12.7. The van der Waals surface area contributed by atoms with E-state index < -0.39 is 0 Å². The monoisotopic (exact) mass is 419 g/mol. The van der Waals surface area contributed by atoms with Crippen molar-refractivity contribution in [1.82, 2.24) is 9.88 Å². The third kappa shape index (κ3) is 4.63. The Bertz CT molecular complexity index is 962. The molecule has 1 aromatic heterocycles. The molecule has 0 aliphatic carbocycles. The number of hydrogen-bond donors (Lipinski definition) is 0. The van der Waals surface area contributed by atoms with Crippen molar-refractivity contribution in [3.8, 4) is 6.07 Å². The van der Waals surface area contributed by atoms with Gasteiger partial charge in [0.2, 0.25) is 0 Å². The first-order valence-corrected chi connectivity index (χ1v) is 11.0. The second-order valence-electron chi connectivity index (χ2n) is 8.45. The second kappa shape index (κ2) is 9.17. The molecule has 0 N–H and O–H groups in total. The van der Waals surface area contributed by atoms with Crippen molar-refractivity contribution in [3.05, 3.63) is 65.0 Å². The lowest BCUT2D eigenvalue weighted by atomic mass is 9.80. The van der Waals surface area contributed by atoms with Gasteiger partial charge in [0.15, 0.2) is 0 Å². The largest absolute Gasteiger partial charge is 0.378 e. The molecule has 162 valence electrons. The number of aromatic nitrogens is 1. The molecule has 6 nitrogen and oxygen atoms in total. The van der Waals surface area contributed by atoms with Crippen LogP contribution in [0.1, 0.15) is 66.0 Å². The van der Waals surface area contributed by atoms with E-state index in [4.69, 9.17) is 14.7 Å². The van der Waals surface area contributed by atoms with Crippen LogP contribution in [0.3, 0.4) is 0 Å². The number of rotatable bonds is 4. The number of nitriles is 1. The van der Waals surface area contributed by atoms with Gasteiger partial charge >= 0.3 is 0 Å². The highest BCUT2D eigenvalue weighted by Gasteiger charge is 2.45. The number of pyridine rings is 1. The summed E-state index contributed by atoms with van der Waals surface area (Å²) in [5.74, 6) is -0.0841. The molecule has 1 aromatic carbocycles. The fourth-order valence-corrected chi connectivity index (χ4v) is 4.77. The van der Waals surface area contributed by atoms with Crippen LogP contribution in [-0.4, -0.2) is 47.2 Å². The van der Waals surface area contributed by atoms with Gasteiger partial charge in [-0.1, -0.05) is 30.3 Å². The number of amides is 1. The van der Waals surface area contributed by atoms with Crippen LogP contribution < -0.4 is 0 Å². The van der Waals surface area contributed by atoms with Gasteiger partial charge in [0.05, 0.1) is 29.1 Å². The van der Waals surface area contributed by atoms with Gasteiger partial charge in [0, 0.05) is 32.5 Å². The Balaban J connectivity index is 1.47. The van der Waals surface area contributed by atoms with Crippen molar-refractivity contribution < 1.29 is 14.3 Å². The van der Waals surface area contributed by atoms with Crippen LogP contribution in [0.25, 0.3) is 0 Å². The van der Waals surface area contributed by atoms with Gasteiger partial charge in [-0.25, -0.2) is 4.98 Å². The number of aryl methyl sites for hydroxylation is 1. The van der Waals surface area contributed by atoms with Gasteiger partial charge in [0.1, 0.15) is 11.8 Å². The van der Waals surface area contributed by atoms with Gasteiger partial charge in [-0.2, -0.15) is 5.26 Å². The minimum Gasteiger partial charge on any atom is -0.378 e. The number of likely N-dealkylation sites (tertiary alicyclic amines) is 1. The topological polar surface area (TPSA) is 75.5 Å². The van der Waals surface area contributed by atoms with Crippen LogP contribution in [0.2, 0.25) is 0 Å². The van der Waals surface area contributed by atoms with E-state index in [2.05, 4.69) is 23.2 Å². The zero-order chi connectivity index (χ0) is 21.8. The molecule has 0 unspecified atom stereocenters. The Morgan fingerprint density at radius 1 is 1.26 bits per heavy atom. The van der Waals surface area contributed by atoms with Crippen molar-refractivity contribution in [2.45, 2.75) is 57.3 Å². The predicted molar refractivity (Wildman–Crippen MR) is 116 cm³/mol. The summed E-state index contributed by atoms with van der Waals surface area (Å²) in [5, 5.41) is 9.09. The van der Waals surface area contributed by atoms with E-state index in [1.54, 1.807) is 19.1 Å². The first-order chi connectivity index (χ1) is 15.0. The zero-order valence-corrected chi connectivity index (χ0v) is 18.2. The molecular weight excluding hydrogens is 390 g/mol. The average molecular weight is 420 g/mol. The van der Waals surface area contributed by atoms with E-state index in [1.807, 2.05) is 30.0 Å². The predicted octanol–water partition coefficient (Wildman–Crippen LogP) is 4.19. The lowest BCUT2D eigenvalue weighted by Crippen LogP contribution is -2.52. The molecule has 0 radical (unpaired) electrons. The fraction of sp³-hybridized carbons (Fsp3) is 0.480. The highest BCUT2D eigenvalue weighted by molar-refractivity contribution is 5.92. The number of hydrogen-bond acceptors (Lipinski definition) is 5. The maximum atomic E-state index is 13.0. The zero-order valence-electron chi connectivity index (χ0n) is 18.2. The first-order valence-electron chi connectivity index (χ1n) is 11.0. The average Bonchev–Trinajstić information content (AvgIpc) is 2.79. The number of carbonyl (C=O) groups is 1. The molecular formula is C25H29N3O3. The Kier molecular flexibility index (Phi) is 6.35. The van der Waals surface area contributed by atoms with Gasteiger partial charge in [0.25, 0.3) is 5.91 Å². The Morgan fingerprint density at radius 3 is 2.65 bits per heavy atom. The molecule has 3 heterocycles. The lowest BCUT2D eigenvalue weighted by Gasteiger charge is -2.48. The second-order valence-corrected chi connectivity index (χ2v) is 8.45. The van der Waals surface area contributed by atoms with Gasteiger partial charge in [-0.05, 0) is 44.4 Å². The number of nitrogens with zero attached hydrogens (tertiary/aromatic N) is 3. The van der Waals surface area contributed by atoms with E-state index in [9.17, 15) is 4.79 Å². The third-order valence-corrected chi connectivity index (χ3v) is 6.43. The van der Waals surface area contributed by atoms with Crippen molar-refractivity contribution in [2.24, 2.45) is 0 Å². The van der Waals surface area contributed by atoms with Crippen LogP contribution in [0.5, 0.6) is 0 Å². The summed E-state index contributed by atoms with van der Waals surface area (Å²) >= 11 is 0. The van der Waals surface area contributed by atoms with E-state index in [0.717, 1.165) is 25.7 Å².